The molecule has 1 unspecified atom stereocenters. The van der Waals surface area contributed by atoms with Crippen LogP contribution in [0.5, 0.6) is 0 Å². The molecule has 1 fully saturated rings. The van der Waals surface area contributed by atoms with Crippen LogP contribution >= 0.6 is 35.7 Å². The van der Waals surface area contributed by atoms with Crippen LogP contribution in [-0.2, 0) is 17.9 Å². The number of hydrogen-bond acceptors (Lipinski definition) is 3. The molecule has 0 aromatic heterocycles. The number of thioether (sulfide) groups is 1. The van der Waals surface area contributed by atoms with Gasteiger partial charge in [0.1, 0.15) is 0 Å². The molecule has 1 saturated heterocycles. The molecule has 0 spiro atoms. The van der Waals surface area contributed by atoms with Crippen molar-refractivity contribution in [3.63, 3.8) is 0 Å². The third-order valence-electron chi connectivity index (χ3n) is 3.78. The fourth-order valence-corrected chi connectivity index (χ4v) is 3.69. The predicted molar refractivity (Wildman–Crippen MR) is 115 cm³/mol. The van der Waals surface area contributed by atoms with Crippen molar-refractivity contribution in [2.75, 3.05) is 25.4 Å². The summed E-state index contributed by atoms with van der Waals surface area (Å²) in [6, 6.07) is 8.51. The largest absolute Gasteiger partial charge is 0.377 e. The van der Waals surface area contributed by atoms with Gasteiger partial charge in [0.15, 0.2) is 5.96 Å². The number of hydrogen-bond donors (Lipinski definition) is 2. The molecule has 1 aromatic rings. The van der Waals surface area contributed by atoms with E-state index in [0.717, 1.165) is 30.9 Å². The molecule has 1 atom stereocenters. The fourth-order valence-electron chi connectivity index (χ4n) is 2.49. The Hall–Kier alpha value is -0.470. The maximum Gasteiger partial charge on any atom is 0.191 e. The van der Waals surface area contributed by atoms with Crippen LogP contribution in [0.25, 0.3) is 0 Å². The third kappa shape index (κ3) is 8.07. The van der Waals surface area contributed by atoms with Crippen LogP contribution in [0.15, 0.2) is 29.3 Å². The summed E-state index contributed by atoms with van der Waals surface area (Å²) in [7, 11) is 0. The van der Waals surface area contributed by atoms with Gasteiger partial charge in [0, 0.05) is 24.9 Å². The molecule has 1 aromatic carbocycles. The van der Waals surface area contributed by atoms with Crippen molar-refractivity contribution in [1.82, 2.24) is 10.6 Å². The quantitative estimate of drug-likeness (QED) is 0.350. The molecular weight excluding hydrogens is 433 g/mol. The number of nitrogens with zero attached hydrogens (tertiary/aromatic N) is 1. The van der Waals surface area contributed by atoms with Crippen molar-refractivity contribution in [3.8, 4) is 0 Å². The SMILES string of the molecule is CCNC(=NCc1ccc(COCC)cc1)NCC1CCCS1.I. The van der Waals surface area contributed by atoms with Crippen LogP contribution in [0.1, 0.15) is 37.8 Å². The number of rotatable bonds is 8. The smallest absolute Gasteiger partial charge is 0.191 e. The van der Waals surface area contributed by atoms with Crippen LogP contribution in [0.4, 0.5) is 0 Å². The summed E-state index contributed by atoms with van der Waals surface area (Å²) in [6.07, 6.45) is 2.66. The maximum atomic E-state index is 5.42. The number of benzene rings is 1. The van der Waals surface area contributed by atoms with E-state index in [1.807, 2.05) is 6.92 Å². The first kappa shape index (κ1) is 21.6. The predicted octanol–water partition coefficient (Wildman–Crippen LogP) is 3.79. The van der Waals surface area contributed by atoms with Crippen LogP contribution in [-0.4, -0.2) is 36.7 Å². The summed E-state index contributed by atoms with van der Waals surface area (Å²) in [5.74, 6) is 2.21. The van der Waals surface area contributed by atoms with E-state index in [4.69, 9.17) is 9.73 Å². The highest BCUT2D eigenvalue weighted by atomic mass is 127. The topological polar surface area (TPSA) is 45.7 Å². The molecule has 136 valence electrons. The lowest BCUT2D eigenvalue weighted by molar-refractivity contribution is 0.134. The van der Waals surface area contributed by atoms with E-state index < -0.39 is 0 Å². The van der Waals surface area contributed by atoms with E-state index >= 15 is 0 Å². The van der Waals surface area contributed by atoms with Crippen molar-refractivity contribution >= 4 is 41.7 Å². The van der Waals surface area contributed by atoms with Gasteiger partial charge in [0.2, 0.25) is 0 Å². The van der Waals surface area contributed by atoms with Crippen LogP contribution < -0.4 is 10.6 Å². The summed E-state index contributed by atoms with van der Waals surface area (Å²) >= 11 is 2.07. The van der Waals surface area contributed by atoms with E-state index in [9.17, 15) is 0 Å². The molecule has 0 aliphatic carbocycles. The van der Waals surface area contributed by atoms with Gasteiger partial charge in [0.25, 0.3) is 0 Å². The molecule has 0 saturated carbocycles. The minimum atomic E-state index is 0. The Balaban J connectivity index is 0.00000288. The van der Waals surface area contributed by atoms with Gasteiger partial charge in [-0.1, -0.05) is 24.3 Å². The molecule has 2 rings (SSSR count). The first-order chi connectivity index (χ1) is 11.3. The second-order valence-electron chi connectivity index (χ2n) is 5.66. The molecule has 4 nitrogen and oxygen atoms in total. The van der Waals surface area contributed by atoms with Gasteiger partial charge in [0.05, 0.1) is 13.2 Å². The zero-order valence-electron chi connectivity index (χ0n) is 14.7. The number of nitrogens with one attached hydrogen (secondary N) is 2. The Labute approximate surface area is 167 Å². The lowest BCUT2D eigenvalue weighted by atomic mass is 10.1. The molecule has 0 amide bonds. The first-order valence-corrected chi connectivity index (χ1v) is 9.66. The van der Waals surface area contributed by atoms with E-state index in [0.29, 0.717) is 13.2 Å². The highest BCUT2D eigenvalue weighted by Gasteiger charge is 2.15. The van der Waals surface area contributed by atoms with E-state index in [2.05, 4.69) is 53.6 Å². The van der Waals surface area contributed by atoms with Crippen molar-refractivity contribution < 1.29 is 4.74 Å². The van der Waals surface area contributed by atoms with Crippen LogP contribution in [0.3, 0.4) is 0 Å². The van der Waals surface area contributed by atoms with Gasteiger partial charge in [-0.05, 0) is 43.6 Å². The zero-order valence-corrected chi connectivity index (χ0v) is 17.9. The summed E-state index contributed by atoms with van der Waals surface area (Å²) in [6.45, 7) is 8.14. The molecule has 1 aliphatic heterocycles. The minimum absolute atomic E-state index is 0. The lowest BCUT2D eigenvalue weighted by Crippen LogP contribution is -2.40. The Bertz CT molecular complexity index is 476. The average Bonchev–Trinajstić information content (AvgIpc) is 3.10. The first-order valence-electron chi connectivity index (χ1n) is 8.61. The third-order valence-corrected chi connectivity index (χ3v) is 5.18. The summed E-state index contributed by atoms with van der Waals surface area (Å²) in [5, 5.41) is 7.53. The van der Waals surface area contributed by atoms with E-state index in [1.54, 1.807) is 0 Å². The fraction of sp³-hybridized carbons (Fsp3) is 0.611. The molecular formula is C18H30IN3OS. The highest BCUT2D eigenvalue weighted by Crippen LogP contribution is 2.25. The van der Waals surface area contributed by atoms with Gasteiger partial charge in [-0.25, -0.2) is 4.99 Å². The Morgan fingerprint density at radius 2 is 1.96 bits per heavy atom. The second kappa shape index (κ2) is 12.8. The number of halogens is 1. The van der Waals surface area contributed by atoms with Crippen LogP contribution in [0, 0.1) is 0 Å². The van der Waals surface area contributed by atoms with Gasteiger partial charge in [-0.15, -0.1) is 24.0 Å². The maximum absolute atomic E-state index is 5.42. The molecule has 0 bridgehead atoms. The van der Waals surface area contributed by atoms with Gasteiger partial charge >= 0.3 is 0 Å². The van der Waals surface area contributed by atoms with Crippen molar-refractivity contribution in [1.29, 1.82) is 0 Å². The Kier molecular flexibility index (Phi) is 11.5. The monoisotopic (exact) mass is 463 g/mol. The number of guanidine groups is 1. The zero-order chi connectivity index (χ0) is 16.3. The normalized spacial score (nSPS) is 17.4. The summed E-state index contributed by atoms with van der Waals surface area (Å²) < 4.78 is 5.42. The highest BCUT2D eigenvalue weighted by molar-refractivity contribution is 14.0. The lowest BCUT2D eigenvalue weighted by Gasteiger charge is -2.14. The molecule has 24 heavy (non-hydrogen) atoms. The van der Waals surface area contributed by atoms with Gasteiger partial charge in [-0.3, -0.25) is 0 Å². The minimum Gasteiger partial charge on any atom is -0.377 e. The van der Waals surface area contributed by atoms with E-state index in [-0.39, 0.29) is 24.0 Å². The second-order valence-corrected chi connectivity index (χ2v) is 7.07. The molecule has 2 N–H and O–H groups in total. The van der Waals surface area contributed by atoms with Crippen molar-refractivity contribution in [2.24, 2.45) is 4.99 Å². The van der Waals surface area contributed by atoms with Crippen molar-refractivity contribution in [2.45, 2.75) is 45.1 Å². The number of aliphatic imine (C=N–C) groups is 1. The Morgan fingerprint density at radius 3 is 2.58 bits per heavy atom. The molecule has 6 heteroatoms. The summed E-state index contributed by atoms with van der Waals surface area (Å²) in [4.78, 5) is 4.69. The molecule has 0 radical (unpaired) electrons. The van der Waals surface area contributed by atoms with Crippen molar-refractivity contribution in [3.05, 3.63) is 35.4 Å². The number of ether oxygens (including phenoxy) is 1. The standard InChI is InChI=1S/C18H29N3OS.HI/c1-3-19-18(21-13-17-6-5-11-23-17)20-12-15-7-9-16(10-8-15)14-22-4-2;/h7-10,17H,3-6,11-14H2,1-2H3,(H2,19,20,21);1H. The molecule has 1 aliphatic rings. The van der Waals surface area contributed by atoms with Crippen LogP contribution in [0.2, 0.25) is 0 Å². The summed E-state index contributed by atoms with van der Waals surface area (Å²) in [5.41, 5.74) is 2.43. The Morgan fingerprint density at radius 1 is 1.21 bits per heavy atom. The van der Waals surface area contributed by atoms with E-state index in [1.165, 1.54) is 29.7 Å². The molecule has 1 heterocycles. The van der Waals surface area contributed by atoms with Gasteiger partial charge < -0.3 is 15.4 Å². The average molecular weight is 463 g/mol. The van der Waals surface area contributed by atoms with Gasteiger partial charge in [-0.2, -0.15) is 11.8 Å².